The molecular weight excluding hydrogens is 310 g/mol. The Hall–Kier alpha value is -2.56. The van der Waals surface area contributed by atoms with E-state index in [1.807, 2.05) is 6.07 Å². The topological polar surface area (TPSA) is 91.5 Å². The highest BCUT2D eigenvalue weighted by atomic mass is 16.5. The summed E-state index contributed by atoms with van der Waals surface area (Å²) in [6.45, 7) is 2.27. The fourth-order valence-corrected chi connectivity index (χ4v) is 3.44. The maximum atomic E-state index is 13.0. The van der Waals surface area contributed by atoms with Crippen LogP contribution < -0.4 is 0 Å². The first-order valence-electron chi connectivity index (χ1n) is 8.24. The predicted octanol–water partition coefficient (Wildman–Crippen LogP) is 1.11. The zero-order valence-corrected chi connectivity index (χ0v) is 13.8. The van der Waals surface area contributed by atoms with E-state index >= 15 is 0 Å². The first-order valence-corrected chi connectivity index (χ1v) is 8.24. The van der Waals surface area contributed by atoms with Gasteiger partial charge in [-0.1, -0.05) is 0 Å². The Morgan fingerprint density at radius 3 is 2.88 bits per heavy atom. The Bertz CT molecular complexity index is 678. The number of nitrogens with zero attached hydrogens (tertiary/aromatic N) is 5. The predicted molar refractivity (Wildman–Crippen MR) is 83.7 cm³/mol. The molecular formula is C16H21N5O3. The Balaban J connectivity index is 1.78. The fourth-order valence-electron chi connectivity index (χ4n) is 3.44. The van der Waals surface area contributed by atoms with Gasteiger partial charge in [-0.2, -0.15) is 10.4 Å². The number of amides is 2. The maximum absolute atomic E-state index is 13.0. The Labute approximate surface area is 140 Å². The van der Waals surface area contributed by atoms with Gasteiger partial charge in [0.25, 0.3) is 0 Å². The quantitative estimate of drug-likeness (QED) is 0.768. The van der Waals surface area contributed by atoms with Crippen molar-refractivity contribution in [1.82, 2.24) is 19.6 Å². The summed E-state index contributed by atoms with van der Waals surface area (Å²) in [4.78, 5) is 28.3. The van der Waals surface area contributed by atoms with Gasteiger partial charge in [0.15, 0.2) is 5.69 Å². The lowest BCUT2D eigenvalue weighted by atomic mass is 10.0. The largest absolute Gasteiger partial charge is 0.453 e. The number of aryl methyl sites for hydroxylation is 1. The van der Waals surface area contributed by atoms with Crippen LogP contribution in [0.4, 0.5) is 4.79 Å². The van der Waals surface area contributed by atoms with Crippen LogP contribution in [0.15, 0.2) is 6.07 Å². The molecule has 8 heteroatoms. The third-order valence-corrected chi connectivity index (χ3v) is 4.64. The normalized spacial score (nSPS) is 20.8. The van der Waals surface area contributed by atoms with E-state index in [4.69, 9.17) is 10.00 Å². The number of fused-ring (bicyclic) bond motifs is 1. The van der Waals surface area contributed by atoms with Crippen LogP contribution in [0.25, 0.3) is 0 Å². The molecule has 128 valence electrons. The Kier molecular flexibility index (Phi) is 4.69. The third kappa shape index (κ3) is 3.07. The summed E-state index contributed by atoms with van der Waals surface area (Å²) in [5.41, 5.74) is 1.23. The summed E-state index contributed by atoms with van der Waals surface area (Å²) in [6, 6.07) is 3.30. The number of rotatable bonds is 1. The SMILES string of the molecule is COC(=O)N1CCCC[C@@H]1C(=O)N1CCCn2nc(C#N)cc2C1. The molecule has 8 nitrogen and oxygen atoms in total. The van der Waals surface area contributed by atoms with Crippen LogP contribution in [-0.4, -0.2) is 57.8 Å². The minimum atomic E-state index is -0.462. The van der Waals surface area contributed by atoms with Crippen LogP contribution in [0.5, 0.6) is 0 Å². The van der Waals surface area contributed by atoms with Crippen molar-refractivity contribution in [3.05, 3.63) is 17.5 Å². The smallest absolute Gasteiger partial charge is 0.410 e. The van der Waals surface area contributed by atoms with Gasteiger partial charge in [0.2, 0.25) is 5.91 Å². The summed E-state index contributed by atoms with van der Waals surface area (Å²) >= 11 is 0. The van der Waals surface area contributed by atoms with Gasteiger partial charge in [0.05, 0.1) is 19.3 Å². The molecule has 1 aromatic heterocycles. The van der Waals surface area contributed by atoms with Crippen LogP contribution in [0.3, 0.4) is 0 Å². The van der Waals surface area contributed by atoms with Crippen LogP contribution in [-0.2, 0) is 22.6 Å². The molecule has 0 aliphatic carbocycles. The van der Waals surface area contributed by atoms with Crippen molar-refractivity contribution in [2.75, 3.05) is 20.2 Å². The second-order valence-corrected chi connectivity index (χ2v) is 6.14. The molecule has 0 aromatic carbocycles. The lowest BCUT2D eigenvalue weighted by molar-refractivity contribution is -0.138. The molecule has 1 fully saturated rings. The van der Waals surface area contributed by atoms with Crippen molar-refractivity contribution in [3.8, 4) is 6.07 Å². The van der Waals surface area contributed by atoms with Crippen molar-refractivity contribution in [2.45, 2.75) is 44.8 Å². The van der Waals surface area contributed by atoms with Crippen LogP contribution in [0.1, 0.15) is 37.1 Å². The average Bonchev–Trinajstić information content (AvgIpc) is 2.91. The molecule has 0 saturated carbocycles. The fraction of sp³-hybridized carbons (Fsp3) is 0.625. The van der Waals surface area contributed by atoms with E-state index in [0.717, 1.165) is 25.0 Å². The van der Waals surface area contributed by atoms with Gasteiger partial charge in [0.1, 0.15) is 12.1 Å². The summed E-state index contributed by atoms with van der Waals surface area (Å²) in [5, 5.41) is 13.2. The summed E-state index contributed by atoms with van der Waals surface area (Å²) in [7, 11) is 1.34. The van der Waals surface area contributed by atoms with Crippen LogP contribution in [0.2, 0.25) is 0 Å². The number of hydrogen-bond acceptors (Lipinski definition) is 5. The van der Waals surface area contributed by atoms with E-state index in [1.54, 1.807) is 15.6 Å². The second-order valence-electron chi connectivity index (χ2n) is 6.14. The number of likely N-dealkylation sites (tertiary alicyclic amines) is 1. The van der Waals surface area contributed by atoms with Gasteiger partial charge in [0, 0.05) is 19.6 Å². The highest BCUT2D eigenvalue weighted by molar-refractivity contribution is 5.86. The number of piperidine rings is 1. The highest BCUT2D eigenvalue weighted by Crippen LogP contribution is 2.22. The van der Waals surface area contributed by atoms with Gasteiger partial charge < -0.3 is 9.64 Å². The van der Waals surface area contributed by atoms with Gasteiger partial charge in [-0.15, -0.1) is 0 Å². The molecule has 3 rings (SSSR count). The number of carbonyl (C=O) groups excluding carboxylic acids is 2. The molecule has 3 heterocycles. The van der Waals surface area contributed by atoms with Crippen molar-refractivity contribution in [1.29, 1.82) is 5.26 Å². The number of aromatic nitrogens is 2. The Morgan fingerprint density at radius 1 is 1.29 bits per heavy atom. The van der Waals surface area contributed by atoms with Crippen molar-refractivity contribution < 1.29 is 14.3 Å². The Morgan fingerprint density at radius 2 is 2.12 bits per heavy atom. The molecule has 0 N–H and O–H groups in total. The number of carbonyl (C=O) groups is 2. The monoisotopic (exact) mass is 331 g/mol. The third-order valence-electron chi connectivity index (χ3n) is 4.64. The molecule has 1 atom stereocenters. The first kappa shape index (κ1) is 16.3. The van der Waals surface area contributed by atoms with Gasteiger partial charge in [-0.05, 0) is 31.7 Å². The summed E-state index contributed by atoms with van der Waals surface area (Å²) in [6.07, 6.45) is 2.80. The van der Waals surface area contributed by atoms with Gasteiger partial charge in [-0.3, -0.25) is 14.4 Å². The first-order chi connectivity index (χ1) is 11.6. The molecule has 0 unspecified atom stereocenters. The van der Waals surface area contributed by atoms with Crippen molar-refractivity contribution in [2.24, 2.45) is 0 Å². The molecule has 1 saturated heterocycles. The molecule has 0 radical (unpaired) electrons. The van der Waals surface area contributed by atoms with Crippen LogP contribution in [0, 0.1) is 11.3 Å². The molecule has 24 heavy (non-hydrogen) atoms. The minimum Gasteiger partial charge on any atom is -0.453 e. The average molecular weight is 331 g/mol. The van der Waals surface area contributed by atoms with E-state index in [1.165, 1.54) is 12.0 Å². The zero-order valence-electron chi connectivity index (χ0n) is 13.8. The van der Waals surface area contributed by atoms with Gasteiger partial charge in [-0.25, -0.2) is 4.79 Å². The summed E-state index contributed by atoms with van der Waals surface area (Å²) < 4.78 is 6.62. The number of ether oxygens (including phenoxy) is 1. The lowest BCUT2D eigenvalue weighted by Gasteiger charge is -2.36. The maximum Gasteiger partial charge on any atom is 0.410 e. The number of nitriles is 1. The van der Waals surface area contributed by atoms with E-state index in [9.17, 15) is 9.59 Å². The van der Waals surface area contributed by atoms with Crippen molar-refractivity contribution >= 4 is 12.0 Å². The summed E-state index contributed by atoms with van der Waals surface area (Å²) in [5.74, 6) is -0.0479. The lowest BCUT2D eigenvalue weighted by Crippen LogP contribution is -2.52. The second kappa shape index (κ2) is 6.91. The van der Waals surface area contributed by atoms with E-state index in [-0.39, 0.29) is 5.91 Å². The molecule has 2 aliphatic rings. The molecule has 2 amide bonds. The number of methoxy groups -OCH3 is 1. The standard InChI is InChI=1S/C16H21N5O3/c1-24-16(23)20-7-3-2-5-14(20)15(22)19-6-4-8-21-13(11-19)9-12(10-17)18-21/h9,14H,2-8,11H2,1H3/t14-/m1/s1. The molecule has 0 spiro atoms. The van der Waals surface area contributed by atoms with Crippen LogP contribution >= 0.6 is 0 Å². The molecule has 2 aliphatic heterocycles. The van der Waals surface area contributed by atoms with E-state index in [0.29, 0.717) is 38.3 Å². The van der Waals surface area contributed by atoms with Crippen molar-refractivity contribution in [3.63, 3.8) is 0 Å². The number of hydrogen-bond donors (Lipinski definition) is 0. The van der Waals surface area contributed by atoms with Gasteiger partial charge >= 0.3 is 6.09 Å². The van der Waals surface area contributed by atoms with E-state index in [2.05, 4.69) is 5.10 Å². The highest BCUT2D eigenvalue weighted by Gasteiger charge is 2.36. The molecule has 1 aromatic rings. The molecule has 0 bridgehead atoms. The zero-order chi connectivity index (χ0) is 17.1. The van der Waals surface area contributed by atoms with E-state index < -0.39 is 12.1 Å². The minimum absolute atomic E-state index is 0.0479.